The van der Waals surface area contributed by atoms with Crippen molar-refractivity contribution in [3.05, 3.63) is 54.1 Å². The van der Waals surface area contributed by atoms with E-state index in [0.717, 1.165) is 23.5 Å². The minimum absolute atomic E-state index is 0.0822. The number of para-hydroxylation sites is 1. The van der Waals surface area contributed by atoms with Crippen LogP contribution < -0.4 is 15.4 Å². The fourth-order valence-corrected chi connectivity index (χ4v) is 2.43. The zero-order chi connectivity index (χ0) is 17.4. The Hall–Kier alpha value is -2.49. The molecule has 128 valence electrons. The molecule has 0 fully saturated rings. The van der Waals surface area contributed by atoms with E-state index in [-0.39, 0.29) is 12.5 Å². The molecule has 0 heterocycles. The molecule has 0 radical (unpaired) electrons. The Morgan fingerprint density at radius 2 is 1.92 bits per heavy atom. The maximum atomic E-state index is 12.2. The number of hydrogen-bond donors (Lipinski definition) is 2. The van der Waals surface area contributed by atoms with Crippen molar-refractivity contribution >= 4 is 17.3 Å². The zero-order valence-electron chi connectivity index (χ0n) is 14.6. The van der Waals surface area contributed by atoms with E-state index in [4.69, 9.17) is 4.74 Å². The fourth-order valence-electron chi connectivity index (χ4n) is 2.43. The summed E-state index contributed by atoms with van der Waals surface area (Å²) in [4.78, 5) is 12.2. The van der Waals surface area contributed by atoms with Crippen LogP contribution in [0.5, 0.6) is 5.75 Å². The zero-order valence-corrected chi connectivity index (χ0v) is 14.6. The number of nitrogens with one attached hydrogen (secondary N) is 2. The van der Waals surface area contributed by atoms with E-state index in [0.29, 0.717) is 12.5 Å². The van der Waals surface area contributed by atoms with Crippen LogP contribution in [-0.4, -0.2) is 19.1 Å². The Labute approximate surface area is 144 Å². The van der Waals surface area contributed by atoms with Crippen molar-refractivity contribution in [3.63, 3.8) is 0 Å². The molecule has 0 bridgehead atoms. The van der Waals surface area contributed by atoms with E-state index < -0.39 is 0 Å². The molecule has 4 nitrogen and oxygen atoms in total. The third-order valence-electron chi connectivity index (χ3n) is 3.61. The van der Waals surface area contributed by atoms with Crippen molar-refractivity contribution in [2.45, 2.75) is 33.1 Å². The van der Waals surface area contributed by atoms with Crippen molar-refractivity contribution in [1.82, 2.24) is 0 Å². The number of hydrogen-bond acceptors (Lipinski definition) is 3. The molecule has 24 heavy (non-hydrogen) atoms. The summed E-state index contributed by atoms with van der Waals surface area (Å²) in [5, 5.41) is 6.12. The molecule has 2 aromatic rings. The number of rotatable bonds is 8. The van der Waals surface area contributed by atoms with Gasteiger partial charge in [0, 0.05) is 17.4 Å². The number of anilines is 2. The van der Waals surface area contributed by atoms with E-state index in [2.05, 4.69) is 37.5 Å². The van der Waals surface area contributed by atoms with E-state index in [1.165, 1.54) is 5.56 Å². The van der Waals surface area contributed by atoms with Crippen LogP contribution in [0.1, 0.15) is 38.7 Å². The van der Waals surface area contributed by atoms with Gasteiger partial charge in [-0.1, -0.05) is 45.0 Å². The lowest BCUT2D eigenvalue weighted by atomic mass is 10.0. The van der Waals surface area contributed by atoms with Gasteiger partial charge in [0.25, 0.3) is 0 Å². The lowest BCUT2D eigenvalue weighted by molar-refractivity contribution is -0.114. The molecule has 0 saturated carbocycles. The first-order valence-corrected chi connectivity index (χ1v) is 8.45. The second-order valence-electron chi connectivity index (χ2n) is 6.02. The monoisotopic (exact) mass is 326 g/mol. The van der Waals surface area contributed by atoms with Crippen molar-refractivity contribution in [1.29, 1.82) is 0 Å². The molecule has 2 rings (SSSR count). The molecule has 0 aliphatic rings. The van der Waals surface area contributed by atoms with Gasteiger partial charge in [-0.15, -0.1) is 0 Å². The molecular formula is C20H26N2O2. The highest BCUT2D eigenvalue weighted by molar-refractivity contribution is 5.94. The van der Waals surface area contributed by atoms with Crippen LogP contribution in [0.3, 0.4) is 0 Å². The van der Waals surface area contributed by atoms with Gasteiger partial charge in [0.1, 0.15) is 5.75 Å². The van der Waals surface area contributed by atoms with Gasteiger partial charge in [-0.2, -0.15) is 0 Å². The predicted molar refractivity (Wildman–Crippen MR) is 99.9 cm³/mol. The van der Waals surface area contributed by atoms with E-state index in [1.54, 1.807) is 0 Å². The molecule has 2 N–H and O–H groups in total. The summed E-state index contributed by atoms with van der Waals surface area (Å²) >= 11 is 0. The van der Waals surface area contributed by atoms with Crippen LogP contribution >= 0.6 is 0 Å². The molecule has 0 saturated heterocycles. The third-order valence-corrected chi connectivity index (χ3v) is 3.61. The second kappa shape index (κ2) is 8.96. The molecule has 0 aliphatic heterocycles. The predicted octanol–water partition coefficient (Wildman–Crippen LogP) is 4.65. The summed E-state index contributed by atoms with van der Waals surface area (Å²) in [7, 11) is 0. The Morgan fingerprint density at radius 3 is 2.67 bits per heavy atom. The van der Waals surface area contributed by atoms with Gasteiger partial charge in [-0.25, -0.2) is 0 Å². The minimum Gasteiger partial charge on any atom is -0.494 e. The summed E-state index contributed by atoms with van der Waals surface area (Å²) < 4.78 is 5.58. The van der Waals surface area contributed by atoms with Gasteiger partial charge in [-0.05, 0) is 36.1 Å². The van der Waals surface area contributed by atoms with Crippen molar-refractivity contribution < 1.29 is 9.53 Å². The standard InChI is InChI=1S/C20H26N2O2/c1-4-12-24-17-9-7-8-16(13-17)22-20(23)14-21-19-11-6-5-10-18(19)15(2)3/h5-11,13,15,21H,4,12,14H2,1-3H3,(H,22,23). The number of amides is 1. The van der Waals surface area contributed by atoms with Crippen molar-refractivity contribution in [2.24, 2.45) is 0 Å². The number of carbonyl (C=O) groups excluding carboxylic acids is 1. The average molecular weight is 326 g/mol. The van der Waals surface area contributed by atoms with Crippen LogP contribution in [-0.2, 0) is 4.79 Å². The lowest BCUT2D eigenvalue weighted by Crippen LogP contribution is -2.22. The minimum atomic E-state index is -0.0822. The first-order valence-electron chi connectivity index (χ1n) is 8.45. The highest BCUT2D eigenvalue weighted by Crippen LogP contribution is 2.23. The first kappa shape index (κ1) is 17.9. The van der Waals surface area contributed by atoms with Gasteiger partial charge in [0.15, 0.2) is 0 Å². The van der Waals surface area contributed by atoms with Crippen LogP contribution in [0.4, 0.5) is 11.4 Å². The quantitative estimate of drug-likeness (QED) is 0.742. The molecule has 0 spiro atoms. The number of ether oxygens (including phenoxy) is 1. The summed E-state index contributed by atoms with van der Waals surface area (Å²) in [5.41, 5.74) is 2.95. The summed E-state index contributed by atoms with van der Waals surface area (Å²) in [6.45, 7) is 7.24. The molecule has 0 unspecified atom stereocenters. The van der Waals surface area contributed by atoms with Crippen LogP contribution in [0.25, 0.3) is 0 Å². The molecule has 0 aromatic heterocycles. The van der Waals surface area contributed by atoms with E-state index >= 15 is 0 Å². The molecule has 1 amide bonds. The van der Waals surface area contributed by atoms with Gasteiger partial charge >= 0.3 is 0 Å². The molecule has 2 aromatic carbocycles. The van der Waals surface area contributed by atoms with Gasteiger partial charge in [0.2, 0.25) is 5.91 Å². The van der Waals surface area contributed by atoms with Crippen LogP contribution in [0, 0.1) is 0 Å². The van der Waals surface area contributed by atoms with Crippen LogP contribution in [0.2, 0.25) is 0 Å². The Bertz CT molecular complexity index is 668. The molecule has 0 aliphatic carbocycles. The SMILES string of the molecule is CCCOc1cccc(NC(=O)CNc2ccccc2C(C)C)c1. The summed E-state index contributed by atoms with van der Waals surface area (Å²) in [6.07, 6.45) is 0.954. The lowest BCUT2D eigenvalue weighted by Gasteiger charge is -2.14. The van der Waals surface area contributed by atoms with Gasteiger partial charge < -0.3 is 15.4 Å². The second-order valence-corrected chi connectivity index (χ2v) is 6.02. The Morgan fingerprint density at radius 1 is 1.12 bits per heavy atom. The normalized spacial score (nSPS) is 10.5. The van der Waals surface area contributed by atoms with Gasteiger partial charge in [0.05, 0.1) is 13.2 Å². The summed E-state index contributed by atoms with van der Waals surface area (Å²) in [6, 6.07) is 15.5. The Balaban J connectivity index is 1.92. The number of benzene rings is 2. The van der Waals surface area contributed by atoms with Crippen molar-refractivity contribution in [3.8, 4) is 5.75 Å². The average Bonchev–Trinajstić information content (AvgIpc) is 2.58. The van der Waals surface area contributed by atoms with Gasteiger partial charge in [-0.3, -0.25) is 4.79 Å². The van der Waals surface area contributed by atoms with Crippen molar-refractivity contribution in [2.75, 3.05) is 23.8 Å². The topological polar surface area (TPSA) is 50.4 Å². The fraction of sp³-hybridized carbons (Fsp3) is 0.350. The van der Waals surface area contributed by atoms with E-state index in [1.807, 2.05) is 42.5 Å². The van der Waals surface area contributed by atoms with Crippen LogP contribution in [0.15, 0.2) is 48.5 Å². The third kappa shape index (κ3) is 5.30. The number of carbonyl (C=O) groups is 1. The maximum Gasteiger partial charge on any atom is 0.243 e. The molecule has 0 atom stereocenters. The highest BCUT2D eigenvalue weighted by atomic mass is 16.5. The largest absolute Gasteiger partial charge is 0.494 e. The highest BCUT2D eigenvalue weighted by Gasteiger charge is 2.08. The summed E-state index contributed by atoms with van der Waals surface area (Å²) in [5.74, 6) is 1.10. The smallest absolute Gasteiger partial charge is 0.243 e. The Kier molecular flexibility index (Phi) is 6.67. The first-order chi connectivity index (χ1) is 11.6. The van der Waals surface area contributed by atoms with E-state index in [9.17, 15) is 4.79 Å². The molecular weight excluding hydrogens is 300 g/mol. The maximum absolute atomic E-state index is 12.2. The molecule has 4 heteroatoms.